The standard InChI is InChI=1S/C10H22O3Si/c1-8(2)14(9(3)4)13-10(12)6-5-7-11/h8-9,11,14H,5-7H2,1-4H3. The van der Waals surface area contributed by atoms with Crippen LogP contribution in [0.2, 0.25) is 11.1 Å². The van der Waals surface area contributed by atoms with Crippen LogP contribution in [0.5, 0.6) is 0 Å². The van der Waals surface area contributed by atoms with Crippen molar-refractivity contribution in [2.75, 3.05) is 6.61 Å². The van der Waals surface area contributed by atoms with E-state index < -0.39 is 9.04 Å². The van der Waals surface area contributed by atoms with Crippen molar-refractivity contribution in [1.82, 2.24) is 0 Å². The maximum absolute atomic E-state index is 11.3. The summed E-state index contributed by atoms with van der Waals surface area (Å²) in [6, 6.07) is 0. The van der Waals surface area contributed by atoms with Crippen LogP contribution in [-0.2, 0) is 9.22 Å². The van der Waals surface area contributed by atoms with E-state index in [4.69, 9.17) is 9.53 Å². The predicted octanol–water partition coefficient (Wildman–Crippen LogP) is 1.85. The molecule has 0 spiro atoms. The minimum absolute atomic E-state index is 0.0602. The summed E-state index contributed by atoms with van der Waals surface area (Å²) in [5, 5.41) is 8.57. The Bertz CT molecular complexity index is 161. The molecule has 14 heavy (non-hydrogen) atoms. The van der Waals surface area contributed by atoms with E-state index in [-0.39, 0.29) is 12.6 Å². The molecule has 0 unspecified atom stereocenters. The molecule has 0 saturated heterocycles. The van der Waals surface area contributed by atoms with E-state index in [1.165, 1.54) is 0 Å². The number of aliphatic hydroxyl groups excluding tert-OH is 1. The number of hydrogen-bond donors (Lipinski definition) is 1. The van der Waals surface area contributed by atoms with Crippen molar-refractivity contribution in [2.24, 2.45) is 0 Å². The molecule has 0 bridgehead atoms. The summed E-state index contributed by atoms with van der Waals surface area (Å²) >= 11 is 0. The third-order valence-corrected chi connectivity index (χ3v) is 5.28. The highest BCUT2D eigenvalue weighted by atomic mass is 28.3. The Morgan fingerprint density at radius 2 is 1.79 bits per heavy atom. The van der Waals surface area contributed by atoms with Crippen LogP contribution >= 0.6 is 0 Å². The Morgan fingerprint density at radius 1 is 1.29 bits per heavy atom. The fraction of sp³-hybridized carbons (Fsp3) is 0.900. The number of hydrogen-bond acceptors (Lipinski definition) is 3. The van der Waals surface area contributed by atoms with Gasteiger partial charge in [-0.15, -0.1) is 0 Å². The molecule has 0 saturated carbocycles. The Labute approximate surface area is 88.2 Å². The summed E-state index contributed by atoms with van der Waals surface area (Å²) < 4.78 is 5.46. The van der Waals surface area contributed by atoms with Gasteiger partial charge in [-0.3, -0.25) is 4.79 Å². The van der Waals surface area contributed by atoms with Crippen LogP contribution < -0.4 is 0 Å². The molecular formula is C10H22O3Si. The zero-order valence-corrected chi connectivity index (χ0v) is 10.8. The normalized spacial score (nSPS) is 11.4. The summed E-state index contributed by atoms with van der Waals surface area (Å²) in [7, 11) is -1.41. The second-order valence-electron chi connectivity index (χ2n) is 4.27. The third-order valence-electron chi connectivity index (χ3n) is 2.12. The van der Waals surface area contributed by atoms with Gasteiger partial charge in [0.1, 0.15) is 0 Å². The Morgan fingerprint density at radius 3 is 2.14 bits per heavy atom. The molecule has 0 aliphatic rings. The maximum Gasteiger partial charge on any atom is 0.292 e. The SMILES string of the molecule is CC(C)[SiH](OC(=O)CCCO)C(C)C. The molecule has 0 rings (SSSR count). The first-order chi connectivity index (χ1) is 6.49. The highest BCUT2D eigenvalue weighted by Crippen LogP contribution is 2.21. The van der Waals surface area contributed by atoms with Gasteiger partial charge in [-0.2, -0.15) is 0 Å². The smallest absolute Gasteiger partial charge is 0.292 e. The lowest BCUT2D eigenvalue weighted by Gasteiger charge is -2.22. The van der Waals surface area contributed by atoms with Crippen molar-refractivity contribution in [3.63, 3.8) is 0 Å². The molecule has 4 heteroatoms. The van der Waals surface area contributed by atoms with Crippen LogP contribution in [0.1, 0.15) is 40.5 Å². The first-order valence-electron chi connectivity index (χ1n) is 5.29. The molecule has 0 aliphatic heterocycles. The van der Waals surface area contributed by atoms with Crippen LogP contribution in [0, 0.1) is 0 Å². The van der Waals surface area contributed by atoms with Crippen LogP contribution in [0.3, 0.4) is 0 Å². The van der Waals surface area contributed by atoms with Crippen LogP contribution in [0.25, 0.3) is 0 Å². The van der Waals surface area contributed by atoms with Crippen molar-refractivity contribution in [2.45, 2.75) is 51.6 Å². The molecule has 0 aromatic rings. The highest BCUT2D eigenvalue weighted by Gasteiger charge is 2.24. The lowest BCUT2D eigenvalue weighted by atomic mass is 10.3. The van der Waals surface area contributed by atoms with Crippen molar-refractivity contribution in [3.8, 4) is 0 Å². The number of carbonyl (C=O) groups is 1. The van der Waals surface area contributed by atoms with Crippen molar-refractivity contribution < 1.29 is 14.3 Å². The zero-order chi connectivity index (χ0) is 11.1. The van der Waals surface area contributed by atoms with Crippen molar-refractivity contribution >= 4 is 15.0 Å². The van der Waals surface area contributed by atoms with Gasteiger partial charge in [0.2, 0.25) is 9.04 Å². The molecular weight excluding hydrogens is 196 g/mol. The predicted molar refractivity (Wildman–Crippen MR) is 59.8 cm³/mol. The molecule has 0 aromatic carbocycles. The largest absolute Gasteiger partial charge is 0.521 e. The summed E-state index contributed by atoms with van der Waals surface area (Å²) in [6.07, 6.45) is 0.857. The summed E-state index contributed by atoms with van der Waals surface area (Å²) in [5.41, 5.74) is 0.959. The fourth-order valence-electron chi connectivity index (χ4n) is 1.48. The van der Waals surface area contributed by atoms with Crippen LogP contribution in [-0.4, -0.2) is 26.7 Å². The second kappa shape index (κ2) is 7.01. The minimum atomic E-state index is -1.41. The van der Waals surface area contributed by atoms with Gasteiger partial charge in [-0.25, -0.2) is 0 Å². The molecule has 0 heterocycles. The van der Waals surface area contributed by atoms with E-state index in [0.29, 0.717) is 23.9 Å². The molecule has 0 radical (unpaired) electrons. The van der Waals surface area contributed by atoms with E-state index in [1.54, 1.807) is 0 Å². The third kappa shape index (κ3) is 5.39. The fourth-order valence-corrected chi connectivity index (χ4v) is 3.98. The molecule has 84 valence electrons. The molecule has 0 atom stereocenters. The monoisotopic (exact) mass is 218 g/mol. The average Bonchev–Trinajstić information content (AvgIpc) is 2.09. The van der Waals surface area contributed by atoms with Gasteiger partial charge < -0.3 is 9.53 Å². The van der Waals surface area contributed by atoms with Gasteiger partial charge in [-0.05, 0) is 17.5 Å². The van der Waals surface area contributed by atoms with Gasteiger partial charge >= 0.3 is 0 Å². The zero-order valence-electron chi connectivity index (χ0n) is 9.62. The minimum Gasteiger partial charge on any atom is -0.521 e. The maximum atomic E-state index is 11.3. The number of rotatable bonds is 6. The first-order valence-corrected chi connectivity index (χ1v) is 7.09. The van der Waals surface area contributed by atoms with Crippen molar-refractivity contribution in [1.29, 1.82) is 0 Å². The molecule has 1 N–H and O–H groups in total. The summed E-state index contributed by atoms with van der Waals surface area (Å²) in [6.45, 7) is 8.49. The lowest BCUT2D eigenvalue weighted by Crippen LogP contribution is -2.28. The Balaban J connectivity index is 3.97. The van der Waals surface area contributed by atoms with E-state index in [0.717, 1.165) is 0 Å². The molecule has 0 aliphatic carbocycles. The molecule has 0 fully saturated rings. The first kappa shape index (κ1) is 13.6. The van der Waals surface area contributed by atoms with Crippen LogP contribution in [0.4, 0.5) is 0 Å². The molecule has 0 aromatic heterocycles. The summed E-state index contributed by atoms with van der Waals surface area (Å²) in [4.78, 5) is 11.3. The number of aliphatic hydroxyl groups is 1. The van der Waals surface area contributed by atoms with Gasteiger partial charge in [0, 0.05) is 13.0 Å². The van der Waals surface area contributed by atoms with Gasteiger partial charge in [0.05, 0.1) is 0 Å². The Hall–Kier alpha value is -0.353. The number of carbonyl (C=O) groups excluding carboxylic acids is 1. The Kier molecular flexibility index (Phi) is 6.83. The van der Waals surface area contributed by atoms with E-state index >= 15 is 0 Å². The van der Waals surface area contributed by atoms with E-state index in [1.807, 2.05) is 0 Å². The quantitative estimate of drug-likeness (QED) is 0.692. The van der Waals surface area contributed by atoms with E-state index in [2.05, 4.69) is 27.7 Å². The molecule has 3 nitrogen and oxygen atoms in total. The van der Waals surface area contributed by atoms with Crippen LogP contribution in [0.15, 0.2) is 0 Å². The van der Waals surface area contributed by atoms with E-state index in [9.17, 15) is 4.79 Å². The topological polar surface area (TPSA) is 46.5 Å². The van der Waals surface area contributed by atoms with Gasteiger partial charge in [-0.1, -0.05) is 27.7 Å². The van der Waals surface area contributed by atoms with Gasteiger partial charge in [0.15, 0.2) is 0 Å². The lowest BCUT2D eigenvalue weighted by molar-refractivity contribution is -0.135. The van der Waals surface area contributed by atoms with Crippen molar-refractivity contribution in [3.05, 3.63) is 0 Å². The van der Waals surface area contributed by atoms with Gasteiger partial charge in [0.25, 0.3) is 5.97 Å². The second-order valence-corrected chi connectivity index (χ2v) is 8.10. The average molecular weight is 218 g/mol. The summed E-state index contributed by atoms with van der Waals surface area (Å²) in [5.74, 6) is -0.141. The molecule has 0 amide bonds. The highest BCUT2D eigenvalue weighted by molar-refractivity contribution is 6.56.